The van der Waals surface area contributed by atoms with Gasteiger partial charge in [-0.05, 0) is 103 Å². The van der Waals surface area contributed by atoms with Gasteiger partial charge >= 0.3 is 0 Å². The molecule has 2 amide bonds. The molecule has 3 rings (SSSR count). The molecule has 0 fully saturated rings. The van der Waals surface area contributed by atoms with Crippen molar-refractivity contribution in [3.63, 3.8) is 0 Å². The Morgan fingerprint density at radius 1 is 1.13 bits per heavy atom. The molecule has 0 saturated heterocycles. The van der Waals surface area contributed by atoms with Crippen LogP contribution < -0.4 is 9.46 Å². The van der Waals surface area contributed by atoms with Gasteiger partial charge in [-0.2, -0.15) is 0 Å². The number of nitrogens with zero attached hydrogens (tertiary/aromatic N) is 3. The Kier molecular flexibility index (Phi) is 14.8. The predicted molar refractivity (Wildman–Crippen MR) is 185 cm³/mol. The molecule has 2 aromatic rings. The maximum absolute atomic E-state index is 14.3. The maximum atomic E-state index is 14.3. The van der Waals surface area contributed by atoms with Gasteiger partial charge in [0.2, 0.25) is 5.91 Å². The van der Waals surface area contributed by atoms with Crippen LogP contribution in [0.3, 0.4) is 0 Å². The van der Waals surface area contributed by atoms with Gasteiger partial charge in [0.25, 0.3) is 15.9 Å². The number of carbonyl (C=O) groups is 2. The van der Waals surface area contributed by atoms with Crippen LogP contribution in [0.5, 0.6) is 5.75 Å². The summed E-state index contributed by atoms with van der Waals surface area (Å²) in [6.07, 6.45) is 2.94. The number of aliphatic hydroxyl groups excluding tert-OH is 1. The molecule has 11 nitrogen and oxygen atoms in total. The summed E-state index contributed by atoms with van der Waals surface area (Å²) in [5, 5.41) is 10.6. The topological polar surface area (TPSA) is 129 Å². The lowest BCUT2D eigenvalue weighted by atomic mass is 10.0. The second kappa shape index (κ2) is 18.0. The second-order valence-electron chi connectivity index (χ2n) is 12.8. The van der Waals surface area contributed by atoms with Crippen molar-refractivity contribution in [2.45, 2.75) is 76.0 Å². The molecule has 262 valence electrons. The number of sulfonamides is 1. The van der Waals surface area contributed by atoms with Crippen LogP contribution in [0.25, 0.3) is 0 Å². The summed E-state index contributed by atoms with van der Waals surface area (Å²) in [5.74, 6) is -0.264. The molecule has 1 aliphatic rings. The lowest BCUT2D eigenvalue weighted by molar-refractivity contribution is -0.132. The fourth-order valence-corrected chi connectivity index (χ4v) is 6.56. The van der Waals surface area contributed by atoms with Gasteiger partial charge in [0.1, 0.15) is 5.75 Å². The monoisotopic (exact) mass is 694 g/mol. The van der Waals surface area contributed by atoms with Crippen molar-refractivity contribution in [1.82, 2.24) is 14.7 Å². The molecule has 2 N–H and O–H groups in total. The zero-order valence-electron chi connectivity index (χ0n) is 28.4. The molecule has 2 aromatic carbocycles. The highest BCUT2D eigenvalue weighted by Crippen LogP contribution is 2.30. The van der Waals surface area contributed by atoms with Crippen molar-refractivity contribution in [1.29, 1.82) is 0 Å². The first-order valence-corrected chi connectivity index (χ1v) is 18.1. The summed E-state index contributed by atoms with van der Waals surface area (Å²) >= 11 is 5.94. The summed E-state index contributed by atoms with van der Waals surface area (Å²) in [7, 11) is 1.75. The molecule has 13 heteroatoms. The molecule has 0 saturated carbocycles. The van der Waals surface area contributed by atoms with Gasteiger partial charge in [0, 0.05) is 49.8 Å². The Hall–Kier alpha value is -2.90. The van der Waals surface area contributed by atoms with E-state index >= 15 is 0 Å². The van der Waals surface area contributed by atoms with E-state index < -0.39 is 22.0 Å². The van der Waals surface area contributed by atoms with E-state index in [2.05, 4.69) is 4.72 Å². The normalized spacial score (nSPS) is 20.6. The van der Waals surface area contributed by atoms with Crippen molar-refractivity contribution in [2.75, 3.05) is 58.7 Å². The number of benzene rings is 2. The summed E-state index contributed by atoms with van der Waals surface area (Å²) in [5.41, 5.74) is 0.355. The second-order valence-corrected chi connectivity index (χ2v) is 14.9. The Morgan fingerprint density at radius 2 is 1.83 bits per heavy atom. The molecular weight excluding hydrogens is 644 g/mol. The van der Waals surface area contributed by atoms with Gasteiger partial charge in [-0.3, -0.25) is 14.3 Å². The van der Waals surface area contributed by atoms with E-state index in [0.717, 1.165) is 25.8 Å². The number of fused-ring (bicyclic) bond motifs is 1. The van der Waals surface area contributed by atoms with E-state index in [1.807, 2.05) is 32.8 Å². The molecule has 1 heterocycles. The van der Waals surface area contributed by atoms with Crippen LogP contribution in [-0.4, -0.2) is 112 Å². The van der Waals surface area contributed by atoms with Gasteiger partial charge < -0.3 is 29.3 Å². The number of hydrogen-bond donors (Lipinski definition) is 2. The molecular formula is C34H51ClN4O7S. The molecule has 47 heavy (non-hydrogen) atoms. The lowest BCUT2D eigenvalue weighted by Crippen LogP contribution is -2.48. The van der Waals surface area contributed by atoms with Crippen molar-refractivity contribution in [2.24, 2.45) is 5.92 Å². The highest BCUT2D eigenvalue weighted by atomic mass is 35.5. The molecule has 1 aliphatic heterocycles. The average Bonchev–Trinajstić information content (AvgIpc) is 3.02. The van der Waals surface area contributed by atoms with Crippen molar-refractivity contribution < 1.29 is 32.6 Å². The number of nitrogens with one attached hydrogen (secondary N) is 1. The van der Waals surface area contributed by atoms with Crippen LogP contribution in [0.15, 0.2) is 47.4 Å². The van der Waals surface area contributed by atoms with Gasteiger partial charge in [-0.15, -0.1) is 0 Å². The number of anilines is 1. The van der Waals surface area contributed by atoms with Crippen LogP contribution in [0.1, 0.15) is 63.2 Å². The van der Waals surface area contributed by atoms with Gasteiger partial charge in [0.05, 0.1) is 35.3 Å². The molecule has 0 radical (unpaired) electrons. The number of likely N-dealkylation sites (N-methyl/N-ethyl adjacent to an activating group) is 1. The van der Waals surface area contributed by atoms with Gasteiger partial charge in [-0.25, -0.2) is 8.42 Å². The summed E-state index contributed by atoms with van der Waals surface area (Å²) in [6.45, 7) is 7.27. The third kappa shape index (κ3) is 11.6. The van der Waals surface area contributed by atoms with Crippen LogP contribution in [0.2, 0.25) is 5.02 Å². The van der Waals surface area contributed by atoms with E-state index in [9.17, 15) is 23.1 Å². The molecule has 0 aromatic heterocycles. The zero-order valence-corrected chi connectivity index (χ0v) is 30.0. The Balaban J connectivity index is 1.93. The quantitative estimate of drug-likeness (QED) is 0.346. The van der Waals surface area contributed by atoms with Crippen LogP contribution in [0.4, 0.5) is 5.69 Å². The lowest BCUT2D eigenvalue weighted by Gasteiger charge is -2.36. The van der Waals surface area contributed by atoms with Crippen molar-refractivity contribution in [3.05, 3.63) is 53.1 Å². The molecule has 0 spiro atoms. The molecule has 0 unspecified atom stereocenters. The first kappa shape index (κ1) is 38.5. The van der Waals surface area contributed by atoms with Gasteiger partial charge in [-0.1, -0.05) is 18.5 Å². The summed E-state index contributed by atoms with van der Waals surface area (Å²) in [4.78, 5) is 32.6. The predicted octanol–water partition coefficient (Wildman–Crippen LogP) is 4.74. The number of aliphatic hydroxyl groups is 1. The maximum Gasteiger partial charge on any atom is 0.261 e. The minimum absolute atomic E-state index is 0.0229. The van der Waals surface area contributed by atoms with E-state index in [1.165, 1.54) is 30.3 Å². The Bertz CT molecular complexity index is 1420. The SMILES string of the molecule is C[C@@H]1CN([C@@H](C)CO)C(=O)c2cc(NS(=O)(=O)c3ccc(Cl)cc3)ccc2O[C@@H](C)CCCCO[C@@H]1CN(C)C(=O)CCCN(C)C. The average molecular weight is 695 g/mol. The Morgan fingerprint density at radius 3 is 2.49 bits per heavy atom. The van der Waals surface area contributed by atoms with E-state index in [-0.39, 0.29) is 53.3 Å². The Labute approximate surface area is 285 Å². The largest absolute Gasteiger partial charge is 0.490 e. The van der Waals surface area contributed by atoms with E-state index in [4.69, 9.17) is 21.1 Å². The molecule has 4 atom stereocenters. The smallest absolute Gasteiger partial charge is 0.261 e. The van der Waals surface area contributed by atoms with Crippen molar-refractivity contribution >= 4 is 39.1 Å². The zero-order chi connectivity index (χ0) is 34.7. The van der Waals surface area contributed by atoms with Crippen LogP contribution >= 0.6 is 11.6 Å². The minimum Gasteiger partial charge on any atom is -0.490 e. The van der Waals surface area contributed by atoms with Crippen molar-refractivity contribution in [3.8, 4) is 5.75 Å². The third-order valence-corrected chi connectivity index (χ3v) is 9.95. The van der Waals surface area contributed by atoms with Crippen LogP contribution in [-0.2, 0) is 19.6 Å². The first-order chi connectivity index (χ1) is 22.2. The highest BCUT2D eigenvalue weighted by Gasteiger charge is 2.31. The molecule has 0 bridgehead atoms. The van der Waals surface area contributed by atoms with E-state index in [0.29, 0.717) is 36.8 Å². The van der Waals surface area contributed by atoms with E-state index in [1.54, 1.807) is 35.9 Å². The number of carbonyl (C=O) groups excluding carboxylic acids is 2. The summed E-state index contributed by atoms with van der Waals surface area (Å²) < 4.78 is 41.5. The fourth-order valence-electron chi connectivity index (χ4n) is 5.39. The number of rotatable bonds is 11. The standard InChI is InChI=1S/C34H51ClN4O7S/c1-24-21-39(25(2)23-40)34(42)30-20-28(36-47(43,44)29-15-12-27(35)13-16-29)14-17-31(30)46-26(3)10-7-8-19-45-32(24)22-38(6)33(41)11-9-18-37(4)5/h12-17,20,24-26,32,36,40H,7-11,18-19,21-23H2,1-6H3/t24-,25+,26+,32-/m1/s1. The number of ether oxygens (including phenoxy) is 2. The van der Waals surface area contributed by atoms with Gasteiger partial charge in [0.15, 0.2) is 0 Å². The number of amides is 2. The minimum atomic E-state index is -3.98. The fraction of sp³-hybridized carbons (Fsp3) is 0.588. The van der Waals surface area contributed by atoms with Crippen LogP contribution in [0, 0.1) is 5.92 Å². The first-order valence-electron chi connectivity index (χ1n) is 16.2. The third-order valence-electron chi connectivity index (χ3n) is 8.30. The molecule has 0 aliphatic carbocycles. The number of halogens is 1. The highest BCUT2D eigenvalue weighted by molar-refractivity contribution is 7.92. The summed E-state index contributed by atoms with van der Waals surface area (Å²) in [6, 6.07) is 9.85. The number of hydrogen-bond acceptors (Lipinski definition) is 8.